The van der Waals surface area contributed by atoms with Crippen molar-refractivity contribution in [1.29, 1.82) is 0 Å². The number of nitrogens with one attached hydrogen (secondary N) is 1. The fraction of sp³-hybridized carbons (Fsp3) is 0.565. The summed E-state index contributed by atoms with van der Waals surface area (Å²) >= 11 is 0. The van der Waals surface area contributed by atoms with Crippen LogP contribution in [0.2, 0.25) is 18.6 Å². The van der Waals surface area contributed by atoms with Crippen molar-refractivity contribution in [3.63, 3.8) is 0 Å². The maximum atomic E-state index is 13.0. The molecule has 29 heavy (non-hydrogen) atoms. The molecule has 3 aliphatic rings. The van der Waals surface area contributed by atoms with Crippen LogP contribution >= 0.6 is 0 Å². The maximum Gasteiger partial charge on any atom is 0.416 e. The molecule has 0 bridgehead atoms. The average molecular weight is 421 g/mol. The van der Waals surface area contributed by atoms with E-state index in [1.165, 1.54) is 17.7 Å². The summed E-state index contributed by atoms with van der Waals surface area (Å²) in [5, 5.41) is 3.47. The molecule has 1 aromatic rings. The van der Waals surface area contributed by atoms with Crippen LogP contribution in [-0.4, -0.2) is 39.0 Å². The van der Waals surface area contributed by atoms with Gasteiger partial charge in [0, 0.05) is 26.2 Å². The number of fused-ring (bicyclic) bond motifs is 1. The molecule has 1 heterocycles. The highest BCUT2D eigenvalue weighted by Gasteiger charge is 2.52. The van der Waals surface area contributed by atoms with E-state index in [1.54, 1.807) is 12.1 Å². The third kappa shape index (κ3) is 3.87. The number of alkyl halides is 3. The van der Waals surface area contributed by atoms with Gasteiger partial charge in [-0.05, 0) is 53.0 Å². The molecule has 1 aliphatic heterocycles. The molecule has 4 unspecified atom stereocenters. The standard InChI is InChI=1S/C23H31F3N2Si/c1-16-15-21-19(17-7-9-18(10-8-17)23(24,25)26)5-4-6-20(21)22(16)29(2,3)28-13-11-27-12-14-28/h4-10,16,20-22,27H,11-15H2,1-3H3. The van der Waals surface area contributed by atoms with Crippen molar-refractivity contribution in [2.45, 2.75) is 38.2 Å². The van der Waals surface area contributed by atoms with Crippen molar-refractivity contribution >= 4 is 13.8 Å². The van der Waals surface area contributed by atoms with E-state index >= 15 is 0 Å². The van der Waals surface area contributed by atoms with Crippen molar-refractivity contribution in [2.24, 2.45) is 17.8 Å². The lowest BCUT2D eigenvalue weighted by Crippen LogP contribution is -2.60. The van der Waals surface area contributed by atoms with Gasteiger partial charge in [0.15, 0.2) is 0 Å². The molecule has 1 aromatic carbocycles. The zero-order valence-electron chi connectivity index (χ0n) is 17.5. The van der Waals surface area contributed by atoms with Gasteiger partial charge < -0.3 is 9.88 Å². The van der Waals surface area contributed by atoms with Crippen LogP contribution in [0.25, 0.3) is 5.57 Å². The zero-order valence-corrected chi connectivity index (χ0v) is 18.5. The van der Waals surface area contributed by atoms with Gasteiger partial charge in [-0.25, -0.2) is 0 Å². The van der Waals surface area contributed by atoms with Gasteiger partial charge in [0.1, 0.15) is 8.24 Å². The van der Waals surface area contributed by atoms with Crippen LogP contribution in [0.4, 0.5) is 13.2 Å². The normalized spacial score (nSPS) is 30.9. The molecule has 0 amide bonds. The molecule has 1 saturated heterocycles. The third-order valence-electron chi connectivity index (χ3n) is 7.42. The lowest BCUT2D eigenvalue weighted by molar-refractivity contribution is -0.137. The summed E-state index contributed by atoms with van der Waals surface area (Å²) in [6.45, 7) is 11.8. The Balaban J connectivity index is 1.59. The first kappa shape index (κ1) is 20.9. The van der Waals surface area contributed by atoms with Crippen molar-refractivity contribution in [3.8, 4) is 0 Å². The van der Waals surface area contributed by atoms with Gasteiger partial charge in [-0.3, -0.25) is 0 Å². The van der Waals surface area contributed by atoms with Crippen molar-refractivity contribution in [1.82, 2.24) is 9.88 Å². The van der Waals surface area contributed by atoms with Crippen LogP contribution in [0.1, 0.15) is 24.5 Å². The highest BCUT2D eigenvalue weighted by molar-refractivity contribution is 6.76. The van der Waals surface area contributed by atoms with Gasteiger partial charge in [-0.1, -0.05) is 50.4 Å². The molecule has 6 heteroatoms. The Morgan fingerprint density at radius 3 is 2.34 bits per heavy atom. The summed E-state index contributed by atoms with van der Waals surface area (Å²) in [7, 11) is -1.64. The molecular weight excluding hydrogens is 389 g/mol. The molecular formula is C23H31F3N2Si. The number of nitrogens with zero attached hydrogens (tertiary/aromatic N) is 1. The van der Waals surface area contributed by atoms with E-state index in [-0.39, 0.29) is 0 Å². The number of hydrogen-bond donors (Lipinski definition) is 1. The summed E-state index contributed by atoms with van der Waals surface area (Å²) < 4.78 is 41.6. The zero-order chi connectivity index (χ0) is 20.8. The van der Waals surface area contributed by atoms with Crippen LogP contribution in [0.3, 0.4) is 0 Å². The second kappa shape index (κ2) is 7.71. The van der Waals surface area contributed by atoms with E-state index in [1.807, 2.05) is 0 Å². The summed E-state index contributed by atoms with van der Waals surface area (Å²) in [5.74, 6) is 1.53. The van der Waals surface area contributed by atoms with Gasteiger partial charge in [0.25, 0.3) is 0 Å². The molecule has 2 aliphatic carbocycles. The second-order valence-electron chi connectivity index (χ2n) is 9.40. The summed E-state index contributed by atoms with van der Waals surface area (Å²) in [4.78, 5) is 0. The largest absolute Gasteiger partial charge is 0.416 e. The van der Waals surface area contributed by atoms with Crippen molar-refractivity contribution < 1.29 is 13.2 Å². The monoisotopic (exact) mass is 420 g/mol. The van der Waals surface area contributed by atoms with Crippen LogP contribution in [0, 0.1) is 17.8 Å². The van der Waals surface area contributed by atoms with E-state index in [0.717, 1.165) is 38.2 Å². The smallest absolute Gasteiger partial charge is 0.321 e. The SMILES string of the molecule is CC1CC2C(c3ccc(C(F)(F)F)cc3)=CC=CC2C1[Si](C)(C)N1CCNCC1. The van der Waals surface area contributed by atoms with Gasteiger partial charge in [-0.2, -0.15) is 13.2 Å². The van der Waals surface area contributed by atoms with Crippen molar-refractivity contribution in [2.75, 3.05) is 26.2 Å². The first-order valence-corrected chi connectivity index (χ1v) is 13.7. The Hall–Kier alpha value is -1.37. The molecule has 158 valence electrons. The quantitative estimate of drug-likeness (QED) is 0.658. The van der Waals surface area contributed by atoms with Gasteiger partial charge in [-0.15, -0.1) is 0 Å². The fourth-order valence-corrected chi connectivity index (χ4v) is 10.7. The van der Waals surface area contributed by atoms with Crippen molar-refractivity contribution in [3.05, 3.63) is 53.6 Å². The summed E-state index contributed by atoms with van der Waals surface area (Å²) in [6.07, 6.45) is 3.48. The highest BCUT2D eigenvalue weighted by Crippen LogP contribution is 2.57. The van der Waals surface area contributed by atoms with E-state index in [0.29, 0.717) is 23.3 Å². The first-order valence-electron chi connectivity index (χ1n) is 10.7. The van der Waals surface area contributed by atoms with E-state index in [9.17, 15) is 13.2 Å². The molecule has 0 radical (unpaired) electrons. The molecule has 1 saturated carbocycles. The lowest BCUT2D eigenvalue weighted by Gasteiger charge is -2.47. The molecule has 4 atom stereocenters. The first-order chi connectivity index (χ1) is 13.7. The molecule has 0 aromatic heterocycles. The Morgan fingerprint density at radius 1 is 1.07 bits per heavy atom. The van der Waals surface area contributed by atoms with Crippen LogP contribution in [-0.2, 0) is 6.18 Å². The number of allylic oxidation sites excluding steroid dienone is 4. The van der Waals surface area contributed by atoms with Gasteiger partial charge in [0.2, 0.25) is 0 Å². The molecule has 2 nitrogen and oxygen atoms in total. The minimum atomic E-state index is -4.28. The van der Waals surface area contributed by atoms with E-state index < -0.39 is 20.0 Å². The molecule has 2 fully saturated rings. The van der Waals surface area contributed by atoms with Gasteiger partial charge in [0.05, 0.1) is 5.56 Å². The maximum absolute atomic E-state index is 13.0. The van der Waals surface area contributed by atoms with Crippen LogP contribution < -0.4 is 5.32 Å². The molecule has 1 N–H and O–H groups in total. The molecule has 0 spiro atoms. The summed E-state index contributed by atoms with van der Waals surface area (Å²) in [5.41, 5.74) is 2.24. The Morgan fingerprint density at radius 2 is 1.72 bits per heavy atom. The predicted molar refractivity (Wildman–Crippen MR) is 115 cm³/mol. The highest BCUT2D eigenvalue weighted by atomic mass is 28.3. The molecule has 4 rings (SSSR count). The Bertz CT molecular complexity index is 791. The minimum absolute atomic E-state index is 0.409. The number of hydrogen-bond acceptors (Lipinski definition) is 2. The number of benzene rings is 1. The Kier molecular flexibility index (Phi) is 5.55. The second-order valence-corrected chi connectivity index (χ2v) is 14.0. The van der Waals surface area contributed by atoms with E-state index in [2.05, 4.69) is 48.1 Å². The minimum Gasteiger partial charge on any atom is -0.321 e. The number of halogens is 3. The number of rotatable bonds is 3. The number of piperazine rings is 1. The van der Waals surface area contributed by atoms with Crippen LogP contribution in [0.15, 0.2) is 42.5 Å². The predicted octanol–water partition coefficient (Wildman–Crippen LogP) is 5.41. The lowest BCUT2D eigenvalue weighted by atomic mass is 9.81. The third-order valence-corrected chi connectivity index (χ3v) is 12.1. The van der Waals surface area contributed by atoms with E-state index in [4.69, 9.17) is 0 Å². The Labute approximate surface area is 173 Å². The van der Waals surface area contributed by atoms with Crippen LogP contribution in [0.5, 0.6) is 0 Å². The topological polar surface area (TPSA) is 15.3 Å². The average Bonchev–Trinajstić information content (AvgIpc) is 3.04. The van der Waals surface area contributed by atoms with Gasteiger partial charge >= 0.3 is 6.18 Å². The fourth-order valence-electron chi connectivity index (χ4n) is 6.11. The summed E-state index contributed by atoms with van der Waals surface area (Å²) in [6, 6.07) is 5.75.